The highest BCUT2D eigenvalue weighted by atomic mass is 16.5. The van der Waals surface area contributed by atoms with Gasteiger partial charge in [0.15, 0.2) is 0 Å². The van der Waals surface area contributed by atoms with Gasteiger partial charge in [-0.2, -0.15) is 5.10 Å². The van der Waals surface area contributed by atoms with Gasteiger partial charge in [-0.25, -0.2) is 0 Å². The average molecular weight is 265 g/mol. The highest BCUT2D eigenvalue weighted by Crippen LogP contribution is 2.28. The van der Waals surface area contributed by atoms with Gasteiger partial charge in [-0.1, -0.05) is 6.92 Å². The van der Waals surface area contributed by atoms with Crippen molar-refractivity contribution in [2.45, 2.75) is 52.6 Å². The third-order valence-corrected chi connectivity index (χ3v) is 3.57. The van der Waals surface area contributed by atoms with Crippen molar-refractivity contribution in [3.05, 3.63) is 17.5 Å². The van der Waals surface area contributed by atoms with E-state index in [-0.39, 0.29) is 0 Å². The minimum absolute atomic E-state index is 0.874. The number of ether oxygens (including phenoxy) is 1. The zero-order valence-corrected chi connectivity index (χ0v) is 12.3. The summed E-state index contributed by atoms with van der Waals surface area (Å²) in [6.07, 6.45) is 4.85. The average Bonchev–Trinajstić information content (AvgIpc) is 3.16. The van der Waals surface area contributed by atoms with Crippen LogP contribution in [0, 0.1) is 5.92 Å². The Kier molecular flexibility index (Phi) is 5.86. The van der Waals surface area contributed by atoms with Crippen LogP contribution in [-0.4, -0.2) is 29.5 Å². The van der Waals surface area contributed by atoms with E-state index in [1.807, 2.05) is 0 Å². The molecule has 1 aromatic rings. The second-order valence-electron chi connectivity index (χ2n) is 5.34. The summed E-state index contributed by atoms with van der Waals surface area (Å²) in [5, 5.41) is 8.03. The second kappa shape index (κ2) is 7.65. The number of hydrogen-bond acceptors (Lipinski definition) is 3. The fourth-order valence-electron chi connectivity index (χ4n) is 2.15. The molecule has 0 radical (unpaired) electrons. The molecule has 0 spiro atoms. The third kappa shape index (κ3) is 4.96. The lowest BCUT2D eigenvalue weighted by Gasteiger charge is -2.07. The van der Waals surface area contributed by atoms with Gasteiger partial charge in [-0.3, -0.25) is 4.68 Å². The second-order valence-corrected chi connectivity index (χ2v) is 5.34. The molecule has 19 heavy (non-hydrogen) atoms. The lowest BCUT2D eigenvalue weighted by molar-refractivity contribution is 0.122. The summed E-state index contributed by atoms with van der Waals surface area (Å²) in [6.45, 7) is 9.02. The molecule has 1 N–H and O–H groups in total. The Balaban J connectivity index is 1.57. The van der Waals surface area contributed by atoms with E-state index in [9.17, 15) is 0 Å². The van der Waals surface area contributed by atoms with Crippen LogP contribution in [0.3, 0.4) is 0 Å². The van der Waals surface area contributed by atoms with Gasteiger partial charge in [0.25, 0.3) is 0 Å². The van der Waals surface area contributed by atoms with E-state index in [1.54, 1.807) is 0 Å². The molecule has 0 aliphatic heterocycles. The van der Waals surface area contributed by atoms with Gasteiger partial charge in [0.05, 0.1) is 11.4 Å². The molecule has 4 nitrogen and oxygen atoms in total. The van der Waals surface area contributed by atoms with Crippen LogP contribution in [0.25, 0.3) is 0 Å². The predicted molar refractivity (Wildman–Crippen MR) is 77.1 cm³/mol. The molecule has 1 aliphatic carbocycles. The van der Waals surface area contributed by atoms with Crippen LogP contribution >= 0.6 is 0 Å². The fourth-order valence-corrected chi connectivity index (χ4v) is 2.15. The monoisotopic (exact) mass is 265 g/mol. The zero-order valence-electron chi connectivity index (χ0n) is 12.3. The van der Waals surface area contributed by atoms with Gasteiger partial charge < -0.3 is 10.1 Å². The van der Waals surface area contributed by atoms with Crippen molar-refractivity contribution in [3.8, 4) is 0 Å². The molecule has 108 valence electrons. The van der Waals surface area contributed by atoms with E-state index < -0.39 is 0 Å². The first-order valence-corrected chi connectivity index (χ1v) is 7.67. The van der Waals surface area contributed by atoms with Gasteiger partial charge >= 0.3 is 0 Å². The SMILES string of the molecule is CCc1cc(CNCCCOCC2CC2)n(CC)n1. The Morgan fingerprint density at radius 2 is 2.26 bits per heavy atom. The van der Waals surface area contributed by atoms with Crippen LogP contribution in [0.4, 0.5) is 0 Å². The van der Waals surface area contributed by atoms with Crippen molar-refractivity contribution in [1.82, 2.24) is 15.1 Å². The Morgan fingerprint density at radius 3 is 2.95 bits per heavy atom. The van der Waals surface area contributed by atoms with Gasteiger partial charge in [-0.15, -0.1) is 0 Å². The summed E-state index contributed by atoms with van der Waals surface area (Å²) in [5.74, 6) is 0.874. The van der Waals surface area contributed by atoms with Gasteiger partial charge in [0.1, 0.15) is 0 Å². The summed E-state index contributed by atoms with van der Waals surface area (Å²) in [5.41, 5.74) is 2.48. The van der Waals surface area contributed by atoms with E-state index in [2.05, 4.69) is 35.0 Å². The zero-order chi connectivity index (χ0) is 13.5. The smallest absolute Gasteiger partial charge is 0.0625 e. The Hall–Kier alpha value is -0.870. The molecule has 0 atom stereocenters. The third-order valence-electron chi connectivity index (χ3n) is 3.57. The maximum absolute atomic E-state index is 5.62. The van der Waals surface area contributed by atoms with Crippen LogP contribution in [0.1, 0.15) is 44.5 Å². The van der Waals surface area contributed by atoms with Crippen molar-refractivity contribution < 1.29 is 4.74 Å². The van der Waals surface area contributed by atoms with E-state index in [1.165, 1.54) is 24.2 Å². The number of nitrogens with one attached hydrogen (secondary N) is 1. The van der Waals surface area contributed by atoms with Crippen LogP contribution in [-0.2, 0) is 24.2 Å². The maximum Gasteiger partial charge on any atom is 0.0625 e. The summed E-state index contributed by atoms with van der Waals surface area (Å²) < 4.78 is 7.71. The molecule has 0 bridgehead atoms. The highest BCUT2D eigenvalue weighted by molar-refractivity contribution is 5.10. The fraction of sp³-hybridized carbons (Fsp3) is 0.800. The lowest BCUT2D eigenvalue weighted by Crippen LogP contribution is -2.19. The van der Waals surface area contributed by atoms with Gasteiger partial charge in [-0.05, 0) is 51.1 Å². The number of hydrogen-bond donors (Lipinski definition) is 1. The first-order chi connectivity index (χ1) is 9.33. The summed E-state index contributed by atoms with van der Waals surface area (Å²) in [6, 6.07) is 2.21. The molecule has 1 aromatic heterocycles. The Bertz CT molecular complexity index is 371. The molecule has 1 aliphatic rings. The Labute approximate surface area is 116 Å². The molecule has 0 aromatic carbocycles. The lowest BCUT2D eigenvalue weighted by atomic mass is 10.3. The number of aromatic nitrogens is 2. The minimum Gasteiger partial charge on any atom is -0.381 e. The first kappa shape index (κ1) is 14.5. The van der Waals surface area contributed by atoms with Gasteiger partial charge in [0.2, 0.25) is 0 Å². The van der Waals surface area contributed by atoms with Crippen molar-refractivity contribution in [2.75, 3.05) is 19.8 Å². The summed E-state index contributed by atoms with van der Waals surface area (Å²) >= 11 is 0. The van der Waals surface area contributed by atoms with Crippen LogP contribution in [0.15, 0.2) is 6.07 Å². The Morgan fingerprint density at radius 1 is 1.42 bits per heavy atom. The van der Waals surface area contributed by atoms with Crippen molar-refractivity contribution >= 4 is 0 Å². The molecular formula is C15H27N3O. The molecule has 2 rings (SSSR count). The van der Waals surface area contributed by atoms with E-state index in [0.717, 1.165) is 51.6 Å². The molecule has 1 fully saturated rings. The molecular weight excluding hydrogens is 238 g/mol. The van der Waals surface area contributed by atoms with E-state index in [0.29, 0.717) is 0 Å². The molecule has 0 amide bonds. The van der Waals surface area contributed by atoms with Gasteiger partial charge in [0, 0.05) is 26.3 Å². The van der Waals surface area contributed by atoms with E-state index in [4.69, 9.17) is 4.74 Å². The van der Waals surface area contributed by atoms with Crippen molar-refractivity contribution in [1.29, 1.82) is 0 Å². The van der Waals surface area contributed by atoms with Crippen LogP contribution in [0.2, 0.25) is 0 Å². The molecule has 1 saturated carbocycles. The number of nitrogens with zero attached hydrogens (tertiary/aromatic N) is 2. The largest absolute Gasteiger partial charge is 0.381 e. The quantitative estimate of drug-likeness (QED) is 0.660. The van der Waals surface area contributed by atoms with Crippen LogP contribution < -0.4 is 5.32 Å². The number of aryl methyl sites for hydroxylation is 2. The van der Waals surface area contributed by atoms with Crippen LogP contribution in [0.5, 0.6) is 0 Å². The maximum atomic E-state index is 5.62. The van der Waals surface area contributed by atoms with Crippen molar-refractivity contribution in [2.24, 2.45) is 5.92 Å². The summed E-state index contributed by atoms with van der Waals surface area (Å²) in [7, 11) is 0. The molecule has 0 saturated heterocycles. The first-order valence-electron chi connectivity index (χ1n) is 7.67. The van der Waals surface area contributed by atoms with E-state index >= 15 is 0 Å². The summed E-state index contributed by atoms with van der Waals surface area (Å²) in [4.78, 5) is 0. The minimum atomic E-state index is 0.874. The highest BCUT2D eigenvalue weighted by Gasteiger charge is 2.20. The topological polar surface area (TPSA) is 39.1 Å². The number of rotatable bonds is 10. The van der Waals surface area contributed by atoms with Crippen molar-refractivity contribution in [3.63, 3.8) is 0 Å². The molecule has 4 heteroatoms. The molecule has 0 unspecified atom stereocenters. The predicted octanol–water partition coefficient (Wildman–Crippen LogP) is 2.37. The normalized spacial score (nSPS) is 15.1. The standard InChI is InChI=1S/C15H27N3O/c1-3-14-10-15(18(4-2)17-14)11-16-8-5-9-19-12-13-6-7-13/h10,13,16H,3-9,11-12H2,1-2H3. The molecule has 1 heterocycles.